The Labute approximate surface area is 315 Å². The van der Waals surface area contributed by atoms with Gasteiger partial charge in [0.25, 0.3) is 0 Å². The number of aromatic nitrogens is 2. The van der Waals surface area contributed by atoms with Gasteiger partial charge in [0.1, 0.15) is 5.69 Å². The van der Waals surface area contributed by atoms with Crippen LogP contribution >= 0.6 is 0 Å². The maximum absolute atomic E-state index is 5.87. The van der Waals surface area contributed by atoms with Crippen LogP contribution in [-0.2, 0) is 16.4 Å². The molecule has 264 valence electrons. The third-order valence-corrected chi connectivity index (χ3v) is 13.8. The molecule has 0 fully saturated rings. The van der Waals surface area contributed by atoms with Gasteiger partial charge in [-0.1, -0.05) is 139 Å². The van der Waals surface area contributed by atoms with Gasteiger partial charge in [-0.15, -0.1) is 0 Å². The van der Waals surface area contributed by atoms with Crippen molar-refractivity contribution in [2.75, 3.05) is 0 Å². The van der Waals surface area contributed by atoms with Crippen molar-refractivity contribution in [1.29, 1.82) is 0 Å². The lowest BCUT2D eigenvalue weighted by atomic mass is 9.60. The zero-order chi connectivity index (χ0) is 36.4. The van der Waals surface area contributed by atoms with E-state index in [-0.39, 0.29) is 5.41 Å². The molecule has 53 heavy (non-hydrogen) atoms. The SMILES string of the molecule is CCC(CC)C1=CC2(CC(C(CC)CC)=C1)c1nc3ccccc3c3c1-c1c4c(cc(C(C)(C)C)cc4cc[n+]12)C31c2ccccc2-c2ccccc21. The van der Waals surface area contributed by atoms with Gasteiger partial charge in [-0.25, -0.2) is 4.98 Å². The van der Waals surface area contributed by atoms with Crippen LogP contribution in [-0.4, -0.2) is 4.98 Å². The van der Waals surface area contributed by atoms with Crippen molar-refractivity contribution in [2.45, 2.75) is 96.9 Å². The molecule has 1 aliphatic heterocycles. The van der Waals surface area contributed by atoms with Gasteiger partial charge in [0.05, 0.1) is 21.9 Å². The van der Waals surface area contributed by atoms with Gasteiger partial charge in [-0.05, 0) is 105 Å². The zero-order valence-corrected chi connectivity index (χ0v) is 32.5. The predicted molar refractivity (Wildman–Crippen MR) is 220 cm³/mol. The highest BCUT2D eigenvalue weighted by molar-refractivity contribution is 6.10. The third kappa shape index (κ3) is 4.10. The standard InChI is InChI=1S/C51H51N2/c1-8-31(9-2)34-26-35(32(10-3)11-4)30-50(29-34)48-45-46(39-20-14-17-23-43(39)52-48)51(40-21-15-12-18-37(40)38-19-13-16-22-41(38)51)42-28-36(49(5,6)7)27-33-24-25-53(50)47(45)44(33)42/h12-29,31-32H,8-11,30H2,1-7H3/q+1. The van der Waals surface area contributed by atoms with E-state index in [0.717, 1.165) is 37.6 Å². The second-order valence-electron chi connectivity index (χ2n) is 17.3. The summed E-state index contributed by atoms with van der Waals surface area (Å²) in [6, 6.07) is 35.1. The van der Waals surface area contributed by atoms with Gasteiger partial charge < -0.3 is 0 Å². The van der Waals surface area contributed by atoms with Crippen molar-refractivity contribution >= 4 is 21.7 Å². The fourth-order valence-electron chi connectivity index (χ4n) is 11.2. The maximum atomic E-state index is 5.87. The number of allylic oxidation sites excluding steroid dienone is 4. The van der Waals surface area contributed by atoms with Crippen LogP contribution in [0.25, 0.3) is 44.1 Å². The Morgan fingerprint density at radius 2 is 1.38 bits per heavy atom. The van der Waals surface area contributed by atoms with Crippen LogP contribution in [0.5, 0.6) is 0 Å². The molecule has 1 unspecified atom stereocenters. The van der Waals surface area contributed by atoms with Crippen molar-refractivity contribution in [3.8, 4) is 22.4 Å². The first-order chi connectivity index (χ1) is 25.7. The summed E-state index contributed by atoms with van der Waals surface area (Å²) < 4.78 is 2.70. The molecule has 4 aliphatic rings. The molecule has 6 aromatic rings. The molecular weight excluding hydrogens is 641 g/mol. The summed E-state index contributed by atoms with van der Waals surface area (Å²) in [5.74, 6) is 1.06. The Balaban J connectivity index is 1.46. The summed E-state index contributed by atoms with van der Waals surface area (Å²) in [5.41, 5.74) is 16.9. The van der Waals surface area contributed by atoms with Crippen molar-refractivity contribution in [2.24, 2.45) is 11.8 Å². The fraction of sp³-hybridized carbons (Fsp3) is 0.333. The number of pyridine rings is 2. The van der Waals surface area contributed by atoms with Crippen molar-refractivity contribution in [3.63, 3.8) is 0 Å². The predicted octanol–water partition coefficient (Wildman–Crippen LogP) is 12.5. The van der Waals surface area contributed by atoms with Crippen LogP contribution in [0.15, 0.2) is 120 Å². The monoisotopic (exact) mass is 691 g/mol. The molecule has 10 rings (SSSR count). The highest BCUT2D eigenvalue weighted by atomic mass is 15.1. The average Bonchev–Trinajstić information content (AvgIpc) is 3.61. The molecule has 2 heteroatoms. The molecular formula is C51H51N2+. The minimum atomic E-state index is -0.498. The van der Waals surface area contributed by atoms with Gasteiger partial charge in [0, 0.05) is 17.9 Å². The minimum absolute atomic E-state index is 0.0199. The molecule has 3 aliphatic carbocycles. The molecule has 2 nitrogen and oxygen atoms in total. The van der Waals surface area contributed by atoms with Gasteiger partial charge in [0.2, 0.25) is 11.2 Å². The molecule has 1 atom stereocenters. The first-order valence-corrected chi connectivity index (χ1v) is 20.3. The average molecular weight is 692 g/mol. The van der Waals surface area contributed by atoms with Crippen LogP contribution in [0.2, 0.25) is 0 Å². The van der Waals surface area contributed by atoms with Gasteiger partial charge in [0.15, 0.2) is 6.20 Å². The topological polar surface area (TPSA) is 16.8 Å². The Morgan fingerprint density at radius 3 is 2.04 bits per heavy atom. The van der Waals surface area contributed by atoms with Crippen LogP contribution < -0.4 is 4.57 Å². The first kappa shape index (κ1) is 32.8. The molecule has 0 radical (unpaired) electrons. The highest BCUT2D eigenvalue weighted by Gasteiger charge is 2.61. The van der Waals surface area contributed by atoms with Crippen molar-refractivity contribution < 1.29 is 4.57 Å². The van der Waals surface area contributed by atoms with Crippen LogP contribution in [0.3, 0.4) is 0 Å². The number of para-hydroxylation sites is 1. The summed E-state index contributed by atoms with van der Waals surface area (Å²) >= 11 is 0. The lowest BCUT2D eigenvalue weighted by molar-refractivity contribution is -0.726. The number of benzene rings is 4. The number of hydrogen-bond acceptors (Lipinski definition) is 1. The summed E-state index contributed by atoms with van der Waals surface area (Å²) in [5, 5.41) is 3.99. The number of hydrogen-bond donors (Lipinski definition) is 0. The Kier molecular flexibility index (Phi) is 7.02. The molecule has 0 amide bonds. The molecule has 0 N–H and O–H groups in total. The molecule has 2 aromatic heterocycles. The second-order valence-corrected chi connectivity index (χ2v) is 17.3. The van der Waals surface area contributed by atoms with E-state index in [1.807, 2.05) is 0 Å². The van der Waals surface area contributed by atoms with Crippen molar-refractivity contribution in [3.05, 3.63) is 154 Å². The second kappa shape index (κ2) is 11.3. The maximum Gasteiger partial charge on any atom is 0.233 e. The molecule has 3 heterocycles. The minimum Gasteiger partial charge on any atom is -0.244 e. The summed E-state index contributed by atoms with van der Waals surface area (Å²) in [7, 11) is 0. The van der Waals surface area contributed by atoms with Crippen LogP contribution in [0.1, 0.15) is 114 Å². The molecule has 0 bridgehead atoms. The van der Waals surface area contributed by atoms with Gasteiger partial charge >= 0.3 is 0 Å². The highest BCUT2D eigenvalue weighted by Crippen LogP contribution is 2.65. The van der Waals surface area contributed by atoms with E-state index in [4.69, 9.17) is 4.98 Å². The molecule has 2 spiro atoms. The van der Waals surface area contributed by atoms with Gasteiger partial charge in [-0.3, -0.25) is 0 Å². The summed E-state index contributed by atoms with van der Waals surface area (Å²) in [4.78, 5) is 5.87. The normalized spacial score (nSPS) is 18.7. The van der Waals surface area contributed by atoms with E-state index in [9.17, 15) is 0 Å². The van der Waals surface area contributed by atoms with E-state index >= 15 is 0 Å². The summed E-state index contributed by atoms with van der Waals surface area (Å²) in [6.07, 6.45) is 13.3. The van der Waals surface area contributed by atoms with E-state index < -0.39 is 11.0 Å². The van der Waals surface area contributed by atoms with Gasteiger partial charge in [-0.2, -0.15) is 4.57 Å². The lowest BCUT2D eigenvalue weighted by Gasteiger charge is -2.39. The largest absolute Gasteiger partial charge is 0.244 e. The zero-order valence-electron chi connectivity index (χ0n) is 32.5. The van der Waals surface area contributed by atoms with Crippen LogP contribution in [0, 0.1) is 11.8 Å². The fourth-order valence-corrected chi connectivity index (χ4v) is 11.2. The third-order valence-electron chi connectivity index (χ3n) is 13.8. The Hall–Kier alpha value is -4.82. The number of rotatable bonds is 6. The Morgan fingerprint density at radius 1 is 0.736 bits per heavy atom. The Bertz CT molecular complexity index is 2540. The van der Waals surface area contributed by atoms with E-state index in [1.165, 1.54) is 77.6 Å². The summed E-state index contributed by atoms with van der Waals surface area (Å²) in [6.45, 7) is 16.6. The van der Waals surface area contributed by atoms with E-state index in [0.29, 0.717) is 11.8 Å². The van der Waals surface area contributed by atoms with Crippen LogP contribution in [0.4, 0.5) is 0 Å². The smallest absolute Gasteiger partial charge is 0.233 e. The first-order valence-electron chi connectivity index (χ1n) is 20.3. The molecule has 0 saturated carbocycles. The van der Waals surface area contributed by atoms with Crippen molar-refractivity contribution in [1.82, 2.24) is 4.98 Å². The molecule has 0 saturated heterocycles. The number of nitrogens with zero attached hydrogens (tertiary/aromatic N) is 2. The quantitative estimate of drug-likeness (QED) is 0.159. The molecule has 4 aromatic carbocycles. The van der Waals surface area contributed by atoms with E-state index in [2.05, 4.69) is 162 Å². The number of fused-ring (bicyclic) bond motifs is 11. The lowest BCUT2D eigenvalue weighted by Crippen LogP contribution is -2.55. The van der Waals surface area contributed by atoms with E-state index in [1.54, 1.807) is 5.57 Å².